The third-order valence-corrected chi connectivity index (χ3v) is 4.81. The zero-order chi connectivity index (χ0) is 17.9. The highest BCUT2D eigenvalue weighted by Crippen LogP contribution is 2.34. The molecule has 2 rings (SSSR count). The number of amides is 2. The highest BCUT2D eigenvalue weighted by atomic mass is 35.5. The molecule has 7 nitrogen and oxygen atoms in total. The van der Waals surface area contributed by atoms with Gasteiger partial charge < -0.3 is 31.5 Å². The maximum absolute atomic E-state index is 11.7. The predicted octanol–water partition coefficient (Wildman–Crippen LogP) is 1.63. The lowest BCUT2D eigenvalue weighted by atomic mass is 9.79. The number of halogens is 1. The predicted molar refractivity (Wildman–Crippen MR) is 96.1 cm³/mol. The van der Waals surface area contributed by atoms with Crippen LogP contribution >= 0.6 is 11.6 Å². The quantitative estimate of drug-likeness (QED) is 0.375. The molecule has 1 heterocycles. The third-order valence-electron chi connectivity index (χ3n) is 4.59. The molecule has 1 aromatic rings. The summed E-state index contributed by atoms with van der Waals surface area (Å²) in [4.78, 5) is 25.4. The molecule has 130 valence electrons. The Kier molecular flexibility index (Phi) is 5.33. The molecular formula is C16H22ClN5O2. The number of nitrogens with one attached hydrogen (secondary N) is 3. The molecule has 2 atom stereocenters. The van der Waals surface area contributed by atoms with Crippen molar-refractivity contribution in [2.45, 2.75) is 18.9 Å². The minimum Gasteiger partial charge on any atom is -0.398 e. The van der Waals surface area contributed by atoms with Gasteiger partial charge in [0.15, 0.2) is 0 Å². The van der Waals surface area contributed by atoms with Crippen LogP contribution < -0.4 is 21.3 Å². The third kappa shape index (κ3) is 3.31. The van der Waals surface area contributed by atoms with Gasteiger partial charge in [-0.2, -0.15) is 0 Å². The number of nitrogens with zero attached hydrogens (tertiary/aromatic N) is 1. The second-order valence-corrected chi connectivity index (χ2v) is 6.47. The van der Waals surface area contributed by atoms with Crippen molar-refractivity contribution in [3.8, 4) is 0 Å². The minimum atomic E-state index is -0.911. The van der Waals surface area contributed by atoms with Crippen LogP contribution in [0, 0.1) is 11.3 Å². The molecule has 2 unspecified atom stereocenters. The summed E-state index contributed by atoms with van der Waals surface area (Å²) in [6.45, 7) is 2.98. The minimum absolute atomic E-state index is 0.125. The zero-order valence-corrected chi connectivity index (χ0v) is 14.5. The fourth-order valence-electron chi connectivity index (χ4n) is 3.08. The molecule has 2 amide bonds. The fraction of sp³-hybridized carbons (Fsp3) is 0.438. The highest BCUT2D eigenvalue weighted by Gasteiger charge is 2.42. The van der Waals surface area contributed by atoms with Gasteiger partial charge in [0.1, 0.15) is 11.8 Å². The van der Waals surface area contributed by atoms with Crippen LogP contribution in [0.2, 0.25) is 5.02 Å². The molecular weight excluding hydrogens is 330 g/mol. The van der Waals surface area contributed by atoms with Gasteiger partial charge in [0.05, 0.1) is 0 Å². The largest absolute Gasteiger partial charge is 0.398 e. The summed E-state index contributed by atoms with van der Waals surface area (Å²) in [6.07, 6.45) is 2.47. The van der Waals surface area contributed by atoms with E-state index in [2.05, 4.69) is 10.6 Å². The van der Waals surface area contributed by atoms with Gasteiger partial charge in [0.2, 0.25) is 0 Å². The van der Waals surface area contributed by atoms with E-state index in [1.807, 2.05) is 11.8 Å². The van der Waals surface area contributed by atoms with Crippen molar-refractivity contribution >= 4 is 41.5 Å². The van der Waals surface area contributed by atoms with Gasteiger partial charge in [0.25, 0.3) is 0 Å². The Morgan fingerprint density at radius 1 is 1.54 bits per heavy atom. The number of piperidine rings is 1. The first-order valence-electron chi connectivity index (χ1n) is 7.67. The van der Waals surface area contributed by atoms with Gasteiger partial charge in [-0.25, -0.2) is 4.79 Å². The number of carbonyl (C=O) groups is 2. The lowest BCUT2D eigenvalue weighted by molar-refractivity contribution is -0.115. The number of anilines is 2. The number of nitrogen functional groups attached to an aromatic ring is 1. The maximum Gasteiger partial charge on any atom is 0.315 e. The Hall–Kier alpha value is -2.28. The maximum atomic E-state index is 11.7. The van der Waals surface area contributed by atoms with Crippen molar-refractivity contribution in [3.05, 3.63) is 22.7 Å². The van der Waals surface area contributed by atoms with E-state index in [1.165, 1.54) is 13.3 Å². The summed E-state index contributed by atoms with van der Waals surface area (Å²) >= 11 is 6.10. The van der Waals surface area contributed by atoms with Gasteiger partial charge in [-0.3, -0.25) is 0 Å². The standard InChI is InChI=1S/C16H22ClN5O2/c1-10-8-22(4-3-16(10,9-23)21-15(24)20-2)14-6-11(17)5-13(19)12(14)7-18/h5-7,9-10,18H,3-4,8,19H2,1-2H3,(H2,20,21,24). The highest BCUT2D eigenvalue weighted by molar-refractivity contribution is 6.31. The van der Waals surface area contributed by atoms with E-state index >= 15 is 0 Å². The Labute approximate surface area is 146 Å². The molecule has 0 radical (unpaired) electrons. The SMILES string of the molecule is CNC(=O)NC1(C=O)CCN(c2cc(Cl)cc(N)c2C=N)CC1C. The van der Waals surface area contributed by atoms with Crippen LogP contribution in [-0.2, 0) is 4.79 Å². The first-order valence-corrected chi connectivity index (χ1v) is 8.05. The number of nitrogens with two attached hydrogens (primary N) is 1. The Bertz CT molecular complexity index is 666. The smallest absolute Gasteiger partial charge is 0.315 e. The van der Waals surface area contributed by atoms with Crippen LogP contribution in [0.4, 0.5) is 16.2 Å². The van der Waals surface area contributed by atoms with Crippen LogP contribution in [0.5, 0.6) is 0 Å². The van der Waals surface area contributed by atoms with Crippen LogP contribution in [0.3, 0.4) is 0 Å². The van der Waals surface area contributed by atoms with Gasteiger partial charge >= 0.3 is 6.03 Å². The van der Waals surface area contributed by atoms with Crippen molar-refractivity contribution in [2.24, 2.45) is 5.92 Å². The van der Waals surface area contributed by atoms with Crippen LogP contribution in [-0.4, -0.2) is 44.2 Å². The van der Waals surface area contributed by atoms with Crippen molar-refractivity contribution in [2.75, 3.05) is 30.8 Å². The molecule has 1 saturated heterocycles. The number of hydrogen-bond acceptors (Lipinski definition) is 5. The van der Waals surface area contributed by atoms with Crippen molar-refractivity contribution in [1.29, 1.82) is 5.41 Å². The molecule has 0 aromatic heterocycles. The van der Waals surface area contributed by atoms with E-state index in [-0.39, 0.29) is 11.9 Å². The normalized spacial score (nSPS) is 23.5. The summed E-state index contributed by atoms with van der Waals surface area (Å²) in [5.41, 5.74) is 6.85. The molecule has 24 heavy (non-hydrogen) atoms. The van der Waals surface area contributed by atoms with Gasteiger partial charge in [-0.05, 0) is 18.6 Å². The molecule has 0 spiro atoms. The van der Waals surface area contributed by atoms with Gasteiger partial charge in [-0.1, -0.05) is 18.5 Å². The summed E-state index contributed by atoms with van der Waals surface area (Å²) in [5.74, 6) is -0.125. The summed E-state index contributed by atoms with van der Waals surface area (Å²) < 4.78 is 0. The van der Waals surface area contributed by atoms with Crippen LogP contribution in [0.15, 0.2) is 12.1 Å². The number of aldehydes is 1. The molecule has 0 aliphatic carbocycles. The van der Waals surface area contributed by atoms with Crippen LogP contribution in [0.1, 0.15) is 18.9 Å². The summed E-state index contributed by atoms with van der Waals surface area (Å²) in [5, 5.41) is 13.3. The average molecular weight is 352 g/mol. The fourth-order valence-corrected chi connectivity index (χ4v) is 3.30. The first kappa shape index (κ1) is 18.1. The number of hydrogen-bond donors (Lipinski definition) is 4. The average Bonchev–Trinajstić information content (AvgIpc) is 2.56. The Morgan fingerprint density at radius 3 is 2.79 bits per heavy atom. The molecule has 5 N–H and O–H groups in total. The Morgan fingerprint density at radius 2 is 2.25 bits per heavy atom. The van der Waals surface area contributed by atoms with E-state index in [4.69, 9.17) is 22.7 Å². The second kappa shape index (κ2) is 7.09. The van der Waals surface area contributed by atoms with Crippen molar-refractivity contribution < 1.29 is 9.59 Å². The second-order valence-electron chi connectivity index (χ2n) is 6.03. The zero-order valence-electron chi connectivity index (χ0n) is 13.7. The van der Waals surface area contributed by atoms with E-state index in [9.17, 15) is 9.59 Å². The number of carbonyl (C=O) groups excluding carboxylic acids is 2. The summed E-state index contributed by atoms with van der Waals surface area (Å²) in [6, 6.07) is 3.00. The van der Waals surface area contributed by atoms with E-state index in [0.717, 1.165) is 12.0 Å². The number of benzene rings is 1. The number of rotatable bonds is 4. The lowest BCUT2D eigenvalue weighted by Gasteiger charge is -2.44. The van der Waals surface area contributed by atoms with E-state index < -0.39 is 5.54 Å². The molecule has 0 bridgehead atoms. The van der Waals surface area contributed by atoms with E-state index in [0.29, 0.717) is 35.8 Å². The molecule has 0 saturated carbocycles. The van der Waals surface area contributed by atoms with Crippen LogP contribution in [0.25, 0.3) is 0 Å². The molecule has 1 aromatic carbocycles. The molecule has 1 aliphatic heterocycles. The first-order chi connectivity index (χ1) is 11.4. The molecule has 1 aliphatic rings. The number of urea groups is 1. The lowest BCUT2D eigenvalue weighted by Crippen LogP contribution is -2.63. The van der Waals surface area contributed by atoms with Gasteiger partial charge in [0, 0.05) is 54.2 Å². The van der Waals surface area contributed by atoms with E-state index in [1.54, 1.807) is 12.1 Å². The monoisotopic (exact) mass is 351 g/mol. The van der Waals surface area contributed by atoms with Crippen molar-refractivity contribution in [3.63, 3.8) is 0 Å². The summed E-state index contributed by atoms with van der Waals surface area (Å²) in [7, 11) is 1.51. The molecule has 8 heteroatoms. The molecule has 1 fully saturated rings. The van der Waals surface area contributed by atoms with Crippen molar-refractivity contribution in [1.82, 2.24) is 10.6 Å². The topological polar surface area (TPSA) is 111 Å². The Balaban J connectivity index is 2.29. The van der Waals surface area contributed by atoms with Gasteiger partial charge in [-0.15, -0.1) is 0 Å².